The van der Waals surface area contributed by atoms with Crippen LogP contribution >= 0.6 is 0 Å². The number of nitriles is 1. The Bertz CT molecular complexity index is 869. The van der Waals surface area contributed by atoms with Crippen LogP contribution in [0.25, 0.3) is 0 Å². The number of fused-ring (bicyclic) bond motifs is 2. The Morgan fingerprint density at radius 2 is 1.93 bits per heavy atom. The fourth-order valence-electron chi connectivity index (χ4n) is 4.09. The van der Waals surface area contributed by atoms with E-state index in [1.165, 1.54) is 5.56 Å². The Labute approximate surface area is 159 Å². The molecule has 2 bridgehead atoms. The highest BCUT2D eigenvalue weighted by Crippen LogP contribution is 2.33. The summed E-state index contributed by atoms with van der Waals surface area (Å²) in [6, 6.07) is 14.4. The summed E-state index contributed by atoms with van der Waals surface area (Å²) in [5.41, 5.74) is 2.69. The number of carbonyl (C=O) groups excluding carboxylic acids is 1. The monoisotopic (exact) mass is 361 g/mol. The Morgan fingerprint density at radius 1 is 1.15 bits per heavy atom. The maximum Gasteiger partial charge on any atom is 0.227 e. The number of hydrogen-bond acceptors (Lipinski definition) is 5. The summed E-state index contributed by atoms with van der Waals surface area (Å²) >= 11 is 0. The smallest absolute Gasteiger partial charge is 0.227 e. The molecule has 2 atom stereocenters. The van der Waals surface area contributed by atoms with Crippen molar-refractivity contribution >= 4 is 11.7 Å². The second-order valence-electron chi connectivity index (χ2n) is 7.70. The number of aromatic nitrogens is 2. The zero-order valence-electron chi connectivity index (χ0n) is 15.7. The number of nitrogens with zero attached hydrogens (tertiary/aromatic N) is 5. The molecule has 0 unspecified atom stereocenters. The third kappa shape index (κ3) is 3.37. The van der Waals surface area contributed by atoms with Gasteiger partial charge in [-0.15, -0.1) is 10.2 Å². The highest BCUT2D eigenvalue weighted by atomic mass is 16.2. The molecule has 6 nitrogen and oxygen atoms in total. The molecule has 1 amide bonds. The number of rotatable bonds is 4. The Hall–Kier alpha value is -2.94. The minimum Gasteiger partial charge on any atom is -0.348 e. The van der Waals surface area contributed by atoms with E-state index < -0.39 is 0 Å². The van der Waals surface area contributed by atoms with Crippen molar-refractivity contribution in [1.29, 1.82) is 5.26 Å². The molecule has 0 spiro atoms. The van der Waals surface area contributed by atoms with Gasteiger partial charge in [0.15, 0.2) is 11.5 Å². The molecule has 2 aromatic rings. The van der Waals surface area contributed by atoms with Crippen LogP contribution in [0.4, 0.5) is 5.82 Å². The predicted octanol–water partition coefficient (Wildman–Crippen LogP) is 2.50. The lowest BCUT2D eigenvalue weighted by atomic mass is 10.0. The van der Waals surface area contributed by atoms with Gasteiger partial charge in [-0.25, -0.2) is 0 Å². The van der Waals surface area contributed by atoms with E-state index in [1.807, 2.05) is 17.0 Å². The predicted molar refractivity (Wildman–Crippen MR) is 102 cm³/mol. The molecule has 6 heteroatoms. The lowest BCUT2D eigenvalue weighted by Gasteiger charge is -2.34. The average Bonchev–Trinajstić information content (AvgIpc) is 3.29. The summed E-state index contributed by atoms with van der Waals surface area (Å²) < 4.78 is 0. The van der Waals surface area contributed by atoms with Crippen LogP contribution in [0.1, 0.15) is 43.0 Å². The van der Waals surface area contributed by atoms with Crippen molar-refractivity contribution in [2.45, 2.75) is 44.7 Å². The first-order valence-electron chi connectivity index (χ1n) is 9.44. The van der Waals surface area contributed by atoms with Crippen molar-refractivity contribution in [3.63, 3.8) is 0 Å². The van der Waals surface area contributed by atoms with Crippen LogP contribution in [0.15, 0.2) is 36.4 Å². The van der Waals surface area contributed by atoms with E-state index in [4.69, 9.17) is 5.26 Å². The molecule has 2 aliphatic rings. The number of piperazine rings is 1. The van der Waals surface area contributed by atoms with Gasteiger partial charge in [0.2, 0.25) is 5.91 Å². The number of likely N-dealkylation sites (tertiary alicyclic amines) is 1. The molecule has 2 saturated heterocycles. The van der Waals surface area contributed by atoms with Crippen molar-refractivity contribution in [1.82, 2.24) is 15.1 Å². The molecule has 1 aromatic heterocycles. The zero-order chi connectivity index (χ0) is 19.0. The maximum absolute atomic E-state index is 12.8. The van der Waals surface area contributed by atoms with Crippen LogP contribution in [-0.2, 0) is 11.2 Å². The van der Waals surface area contributed by atoms with Crippen molar-refractivity contribution in [3.05, 3.63) is 53.2 Å². The lowest BCUT2D eigenvalue weighted by molar-refractivity contribution is -0.131. The summed E-state index contributed by atoms with van der Waals surface area (Å²) in [5.74, 6) is 1.49. The van der Waals surface area contributed by atoms with Gasteiger partial charge in [-0.2, -0.15) is 5.26 Å². The van der Waals surface area contributed by atoms with E-state index in [0.29, 0.717) is 18.0 Å². The summed E-state index contributed by atoms with van der Waals surface area (Å²) in [6.07, 6.45) is 1.43. The zero-order valence-corrected chi connectivity index (χ0v) is 15.7. The van der Waals surface area contributed by atoms with Gasteiger partial charge >= 0.3 is 0 Å². The van der Waals surface area contributed by atoms with Gasteiger partial charge in [0, 0.05) is 13.1 Å². The third-order valence-electron chi connectivity index (χ3n) is 5.62. The molecule has 4 rings (SSSR count). The molecule has 1 aromatic carbocycles. The molecule has 0 N–H and O–H groups in total. The van der Waals surface area contributed by atoms with E-state index in [0.717, 1.165) is 30.9 Å². The van der Waals surface area contributed by atoms with Crippen molar-refractivity contribution < 1.29 is 4.79 Å². The van der Waals surface area contributed by atoms with E-state index in [2.05, 4.69) is 53.2 Å². The topological polar surface area (TPSA) is 73.1 Å². The number of hydrogen-bond donors (Lipinski definition) is 0. The lowest BCUT2D eigenvalue weighted by Crippen LogP contribution is -2.49. The molecule has 0 saturated carbocycles. The maximum atomic E-state index is 12.8. The standard InChI is InChI=1S/C21H23N5O/c1-14(2)16-5-3-15(4-6-16)9-21(27)26-13-18-10-19(26)12-25(18)20-8-7-17(11-22)23-24-20/h3-8,14,18-19H,9-10,12-13H2,1-2H3/t18-,19+/m1/s1. The highest BCUT2D eigenvalue weighted by Gasteiger charge is 2.45. The quantitative estimate of drug-likeness (QED) is 0.837. The Kier molecular flexibility index (Phi) is 4.53. The largest absolute Gasteiger partial charge is 0.348 e. The summed E-state index contributed by atoms with van der Waals surface area (Å²) in [5, 5.41) is 16.9. The van der Waals surface area contributed by atoms with Crippen LogP contribution in [0.5, 0.6) is 0 Å². The van der Waals surface area contributed by atoms with E-state index in [-0.39, 0.29) is 18.0 Å². The molecule has 0 aliphatic carbocycles. The van der Waals surface area contributed by atoms with Gasteiger partial charge in [-0.05, 0) is 35.6 Å². The minimum atomic E-state index is 0.199. The minimum absolute atomic E-state index is 0.199. The number of anilines is 1. The molecule has 0 radical (unpaired) electrons. The molecule has 2 aliphatic heterocycles. The Balaban J connectivity index is 1.38. The van der Waals surface area contributed by atoms with E-state index in [1.54, 1.807) is 6.07 Å². The summed E-state index contributed by atoms with van der Waals surface area (Å²) in [6.45, 7) is 5.86. The van der Waals surface area contributed by atoms with Crippen molar-refractivity contribution in [2.24, 2.45) is 0 Å². The van der Waals surface area contributed by atoms with Crippen molar-refractivity contribution in [3.8, 4) is 6.07 Å². The van der Waals surface area contributed by atoms with Gasteiger partial charge < -0.3 is 9.80 Å². The third-order valence-corrected chi connectivity index (χ3v) is 5.62. The van der Waals surface area contributed by atoms with Crippen molar-refractivity contribution in [2.75, 3.05) is 18.0 Å². The van der Waals surface area contributed by atoms with Gasteiger partial charge in [-0.1, -0.05) is 38.1 Å². The van der Waals surface area contributed by atoms with E-state index >= 15 is 0 Å². The van der Waals surface area contributed by atoms with Gasteiger partial charge in [0.1, 0.15) is 6.07 Å². The van der Waals surface area contributed by atoms with Gasteiger partial charge in [0.05, 0.1) is 18.5 Å². The fourth-order valence-corrected chi connectivity index (χ4v) is 4.09. The molecule has 3 heterocycles. The first kappa shape index (κ1) is 17.5. The van der Waals surface area contributed by atoms with Crippen LogP contribution in [-0.4, -0.2) is 46.2 Å². The summed E-state index contributed by atoms with van der Waals surface area (Å²) in [7, 11) is 0. The second kappa shape index (κ2) is 6.99. The number of carbonyl (C=O) groups is 1. The second-order valence-corrected chi connectivity index (χ2v) is 7.70. The van der Waals surface area contributed by atoms with Crippen LogP contribution in [0.3, 0.4) is 0 Å². The molecule has 138 valence electrons. The van der Waals surface area contributed by atoms with Crippen LogP contribution in [0, 0.1) is 11.3 Å². The molecular formula is C21H23N5O. The first-order chi connectivity index (χ1) is 13.0. The number of amides is 1. The number of benzene rings is 1. The molecular weight excluding hydrogens is 338 g/mol. The van der Waals surface area contributed by atoms with Gasteiger partial charge in [-0.3, -0.25) is 4.79 Å². The van der Waals surface area contributed by atoms with Crippen LogP contribution < -0.4 is 4.90 Å². The average molecular weight is 361 g/mol. The van der Waals surface area contributed by atoms with E-state index in [9.17, 15) is 4.79 Å². The first-order valence-corrected chi connectivity index (χ1v) is 9.44. The van der Waals surface area contributed by atoms with Crippen LogP contribution in [0.2, 0.25) is 0 Å². The van der Waals surface area contributed by atoms with Gasteiger partial charge in [0.25, 0.3) is 0 Å². The molecule has 27 heavy (non-hydrogen) atoms. The summed E-state index contributed by atoms with van der Waals surface area (Å²) in [4.78, 5) is 17.0. The Morgan fingerprint density at radius 3 is 2.48 bits per heavy atom. The highest BCUT2D eigenvalue weighted by molar-refractivity contribution is 5.80. The molecule has 2 fully saturated rings. The fraction of sp³-hybridized carbons (Fsp3) is 0.429. The normalized spacial score (nSPS) is 21.0. The SMILES string of the molecule is CC(C)c1ccc(CC(=O)N2C[C@H]3C[C@H]2CN3c2ccc(C#N)nn2)cc1.